The van der Waals surface area contributed by atoms with Gasteiger partial charge in [-0.05, 0) is 23.8 Å². The molecule has 0 aliphatic carbocycles. The summed E-state index contributed by atoms with van der Waals surface area (Å²) in [6.45, 7) is 13.0. The fourth-order valence-corrected chi connectivity index (χ4v) is 1.30. The van der Waals surface area contributed by atoms with Crippen LogP contribution in [0.3, 0.4) is 0 Å². The highest BCUT2D eigenvalue weighted by Crippen LogP contribution is 2.26. The maximum atomic E-state index is 4.44. The van der Waals surface area contributed by atoms with Crippen molar-refractivity contribution in [3.8, 4) is 0 Å². The summed E-state index contributed by atoms with van der Waals surface area (Å²) < 4.78 is 0. The summed E-state index contributed by atoms with van der Waals surface area (Å²) in [5, 5.41) is 6.58. The van der Waals surface area contributed by atoms with Crippen molar-refractivity contribution < 1.29 is 0 Å². The van der Waals surface area contributed by atoms with Gasteiger partial charge in [-0.25, -0.2) is 4.98 Å². The first-order valence-corrected chi connectivity index (χ1v) is 6.76. The first-order chi connectivity index (χ1) is 8.45. The summed E-state index contributed by atoms with van der Waals surface area (Å²) >= 11 is 0. The Balaban J connectivity index is 2.57. The van der Waals surface area contributed by atoms with Crippen LogP contribution >= 0.6 is 0 Å². The first-order valence-electron chi connectivity index (χ1n) is 6.76. The Morgan fingerprint density at radius 1 is 1.28 bits per heavy atom. The molecule has 102 valence electrons. The predicted octanol–water partition coefficient (Wildman–Crippen LogP) is 3.39. The van der Waals surface area contributed by atoms with Gasteiger partial charge in [0.2, 0.25) is 5.95 Å². The molecular formula is C14H26N4. The molecule has 0 aromatic carbocycles. The minimum atomic E-state index is 0.252. The number of aromatic nitrogens is 2. The van der Waals surface area contributed by atoms with Crippen molar-refractivity contribution in [1.29, 1.82) is 0 Å². The van der Waals surface area contributed by atoms with E-state index in [0.717, 1.165) is 25.3 Å². The molecule has 0 aliphatic rings. The molecule has 1 aromatic heterocycles. The third-order valence-corrected chi connectivity index (χ3v) is 3.48. The highest BCUT2D eigenvalue weighted by atomic mass is 15.1. The zero-order valence-corrected chi connectivity index (χ0v) is 12.2. The van der Waals surface area contributed by atoms with E-state index in [0.29, 0.717) is 11.9 Å². The van der Waals surface area contributed by atoms with Crippen LogP contribution in [-0.2, 0) is 0 Å². The van der Waals surface area contributed by atoms with Crippen molar-refractivity contribution in [3.63, 3.8) is 0 Å². The summed E-state index contributed by atoms with van der Waals surface area (Å²) in [6.07, 6.45) is 2.86. The number of hydrogen-bond donors (Lipinski definition) is 2. The van der Waals surface area contributed by atoms with Crippen LogP contribution in [0.1, 0.15) is 41.0 Å². The molecule has 0 radical (unpaired) electrons. The summed E-state index contributed by atoms with van der Waals surface area (Å²) in [7, 11) is 0. The fourth-order valence-electron chi connectivity index (χ4n) is 1.30. The maximum absolute atomic E-state index is 4.44. The standard InChI is InChI=1S/C14H26N4/c1-6-8-15-13-16-9-7-12(18-13)17-10-14(4,5)11(2)3/h7,9,11H,6,8,10H2,1-5H3,(H2,15,16,17,18). The third-order valence-electron chi connectivity index (χ3n) is 3.48. The van der Waals surface area contributed by atoms with E-state index in [2.05, 4.69) is 55.2 Å². The third kappa shape index (κ3) is 4.51. The van der Waals surface area contributed by atoms with Crippen molar-refractivity contribution >= 4 is 11.8 Å². The van der Waals surface area contributed by atoms with Gasteiger partial charge in [0, 0.05) is 19.3 Å². The zero-order valence-electron chi connectivity index (χ0n) is 12.2. The lowest BCUT2D eigenvalue weighted by Gasteiger charge is -2.29. The zero-order chi connectivity index (χ0) is 13.6. The van der Waals surface area contributed by atoms with E-state index < -0.39 is 0 Å². The van der Waals surface area contributed by atoms with Gasteiger partial charge in [-0.2, -0.15) is 4.98 Å². The summed E-state index contributed by atoms with van der Waals surface area (Å²) in [6, 6.07) is 1.91. The van der Waals surface area contributed by atoms with E-state index in [1.54, 1.807) is 6.20 Å². The van der Waals surface area contributed by atoms with Crippen molar-refractivity contribution in [2.24, 2.45) is 11.3 Å². The summed E-state index contributed by atoms with van der Waals surface area (Å²) in [5.74, 6) is 2.21. The van der Waals surface area contributed by atoms with Gasteiger partial charge in [0.05, 0.1) is 0 Å². The Kier molecular flexibility index (Phi) is 5.38. The van der Waals surface area contributed by atoms with Crippen LogP contribution in [0.2, 0.25) is 0 Å². The average molecular weight is 250 g/mol. The first kappa shape index (κ1) is 14.7. The molecule has 1 rings (SSSR count). The molecule has 0 unspecified atom stereocenters. The Hall–Kier alpha value is -1.32. The highest BCUT2D eigenvalue weighted by Gasteiger charge is 2.21. The van der Waals surface area contributed by atoms with Gasteiger partial charge in [0.15, 0.2) is 0 Å². The Bertz CT molecular complexity index is 361. The molecule has 0 aliphatic heterocycles. The highest BCUT2D eigenvalue weighted by molar-refractivity contribution is 5.39. The minimum absolute atomic E-state index is 0.252. The number of anilines is 2. The molecule has 0 atom stereocenters. The molecule has 0 fully saturated rings. The monoisotopic (exact) mass is 250 g/mol. The van der Waals surface area contributed by atoms with Crippen LogP contribution in [0.4, 0.5) is 11.8 Å². The second-order valence-corrected chi connectivity index (χ2v) is 5.69. The molecule has 18 heavy (non-hydrogen) atoms. The van der Waals surface area contributed by atoms with Crippen LogP contribution in [0.5, 0.6) is 0 Å². The molecule has 0 saturated heterocycles. The Morgan fingerprint density at radius 3 is 2.61 bits per heavy atom. The van der Waals surface area contributed by atoms with E-state index in [-0.39, 0.29) is 5.41 Å². The second kappa shape index (κ2) is 6.57. The topological polar surface area (TPSA) is 49.8 Å². The van der Waals surface area contributed by atoms with Crippen LogP contribution in [0.15, 0.2) is 12.3 Å². The molecule has 1 aromatic rings. The molecule has 4 nitrogen and oxygen atoms in total. The number of rotatable bonds is 7. The molecule has 0 spiro atoms. The largest absolute Gasteiger partial charge is 0.369 e. The van der Waals surface area contributed by atoms with Gasteiger partial charge in [-0.1, -0.05) is 34.6 Å². The molecule has 1 heterocycles. The van der Waals surface area contributed by atoms with Gasteiger partial charge in [0.1, 0.15) is 5.82 Å². The maximum Gasteiger partial charge on any atom is 0.224 e. The molecule has 2 N–H and O–H groups in total. The van der Waals surface area contributed by atoms with Crippen molar-refractivity contribution in [3.05, 3.63) is 12.3 Å². The lowest BCUT2D eigenvalue weighted by atomic mass is 9.81. The fraction of sp³-hybridized carbons (Fsp3) is 0.714. The van der Waals surface area contributed by atoms with Crippen LogP contribution < -0.4 is 10.6 Å². The number of nitrogens with one attached hydrogen (secondary N) is 2. The van der Waals surface area contributed by atoms with Crippen LogP contribution in [-0.4, -0.2) is 23.1 Å². The number of hydrogen-bond acceptors (Lipinski definition) is 4. The molecule has 0 bridgehead atoms. The molecule has 0 amide bonds. The van der Waals surface area contributed by atoms with E-state index in [4.69, 9.17) is 0 Å². The minimum Gasteiger partial charge on any atom is -0.369 e. The Morgan fingerprint density at radius 2 is 2.00 bits per heavy atom. The summed E-state index contributed by atoms with van der Waals surface area (Å²) in [4.78, 5) is 8.63. The van der Waals surface area contributed by atoms with Gasteiger partial charge >= 0.3 is 0 Å². The SMILES string of the molecule is CCCNc1nccc(NCC(C)(C)C(C)C)n1. The van der Waals surface area contributed by atoms with Crippen LogP contribution in [0.25, 0.3) is 0 Å². The van der Waals surface area contributed by atoms with Crippen molar-refractivity contribution in [2.45, 2.75) is 41.0 Å². The van der Waals surface area contributed by atoms with Gasteiger partial charge in [-0.15, -0.1) is 0 Å². The molecule has 4 heteroatoms. The molecular weight excluding hydrogens is 224 g/mol. The van der Waals surface area contributed by atoms with E-state index in [1.807, 2.05) is 6.07 Å². The average Bonchev–Trinajstić information content (AvgIpc) is 2.34. The van der Waals surface area contributed by atoms with Gasteiger partial charge in [-0.3, -0.25) is 0 Å². The van der Waals surface area contributed by atoms with Gasteiger partial charge in [0.25, 0.3) is 0 Å². The van der Waals surface area contributed by atoms with E-state index in [9.17, 15) is 0 Å². The predicted molar refractivity (Wildman–Crippen MR) is 77.9 cm³/mol. The van der Waals surface area contributed by atoms with Crippen LogP contribution in [0, 0.1) is 11.3 Å². The normalized spacial score (nSPS) is 11.7. The lowest BCUT2D eigenvalue weighted by molar-refractivity contribution is 0.269. The number of nitrogens with zero attached hydrogens (tertiary/aromatic N) is 2. The second-order valence-electron chi connectivity index (χ2n) is 5.69. The Labute approximate surface area is 111 Å². The molecule has 0 saturated carbocycles. The summed E-state index contributed by atoms with van der Waals surface area (Å²) in [5.41, 5.74) is 0.252. The van der Waals surface area contributed by atoms with E-state index >= 15 is 0 Å². The van der Waals surface area contributed by atoms with Crippen molar-refractivity contribution in [1.82, 2.24) is 9.97 Å². The smallest absolute Gasteiger partial charge is 0.224 e. The van der Waals surface area contributed by atoms with Crippen molar-refractivity contribution in [2.75, 3.05) is 23.7 Å². The quantitative estimate of drug-likeness (QED) is 0.779. The lowest BCUT2D eigenvalue weighted by Crippen LogP contribution is -2.28. The van der Waals surface area contributed by atoms with E-state index in [1.165, 1.54) is 0 Å². The van der Waals surface area contributed by atoms with Gasteiger partial charge < -0.3 is 10.6 Å².